The summed E-state index contributed by atoms with van der Waals surface area (Å²) >= 11 is 0. The number of hydrogen-bond donors (Lipinski definition) is 3. The van der Waals surface area contributed by atoms with Crippen molar-refractivity contribution in [2.75, 3.05) is 6.54 Å². The van der Waals surface area contributed by atoms with Gasteiger partial charge in [0.05, 0.1) is 6.54 Å². The molecule has 0 aromatic carbocycles. The Labute approximate surface area is 101 Å². The van der Waals surface area contributed by atoms with Crippen LogP contribution in [0.25, 0.3) is 0 Å². The maximum Gasteiger partial charge on any atom is 0.164 e. The highest BCUT2D eigenvalue weighted by molar-refractivity contribution is 5.85. The van der Waals surface area contributed by atoms with Crippen molar-refractivity contribution in [1.29, 1.82) is 0 Å². The Morgan fingerprint density at radius 1 is 1.65 bits per heavy atom. The number of nitrogens with two attached hydrogens (primary N) is 1. The fourth-order valence-corrected chi connectivity index (χ4v) is 1.33. The highest BCUT2D eigenvalue weighted by Crippen LogP contribution is 2.19. The molecule has 0 saturated carbocycles. The molecule has 0 radical (unpaired) electrons. The van der Waals surface area contributed by atoms with Crippen LogP contribution < -0.4 is 11.1 Å². The number of nitrogens with one attached hydrogen (secondary N) is 1. The first kappa shape index (κ1) is 13.4. The molecule has 1 rings (SSSR count). The standard InChI is InChI=1S/C10H20N6O/c1-10(2,9(11)15-17)4-5-12-6-8-13-7-16(3)14-8/h7,12,17H,4-6H2,1-3H3,(H2,11,15). The smallest absolute Gasteiger partial charge is 0.164 e. The molecule has 1 heterocycles. The van der Waals surface area contributed by atoms with E-state index in [0.717, 1.165) is 18.8 Å². The second-order valence-electron chi connectivity index (χ2n) is 4.63. The number of aryl methyl sites for hydroxylation is 1. The minimum absolute atomic E-state index is 0.246. The van der Waals surface area contributed by atoms with E-state index >= 15 is 0 Å². The van der Waals surface area contributed by atoms with Gasteiger partial charge in [-0.1, -0.05) is 19.0 Å². The van der Waals surface area contributed by atoms with E-state index in [2.05, 4.69) is 20.6 Å². The minimum Gasteiger partial charge on any atom is -0.409 e. The normalized spacial score (nSPS) is 13.0. The summed E-state index contributed by atoms with van der Waals surface area (Å²) in [4.78, 5) is 4.10. The molecule has 7 heteroatoms. The average molecular weight is 240 g/mol. The second-order valence-corrected chi connectivity index (χ2v) is 4.63. The van der Waals surface area contributed by atoms with E-state index in [9.17, 15) is 0 Å². The van der Waals surface area contributed by atoms with Crippen LogP contribution in [0.4, 0.5) is 0 Å². The van der Waals surface area contributed by atoms with Gasteiger partial charge in [-0.05, 0) is 13.0 Å². The fourth-order valence-electron chi connectivity index (χ4n) is 1.33. The Hall–Kier alpha value is -1.63. The van der Waals surface area contributed by atoms with Crippen LogP contribution in [0.2, 0.25) is 0 Å². The zero-order valence-electron chi connectivity index (χ0n) is 10.5. The van der Waals surface area contributed by atoms with E-state index < -0.39 is 0 Å². The molecule has 4 N–H and O–H groups in total. The van der Waals surface area contributed by atoms with E-state index in [-0.39, 0.29) is 11.3 Å². The number of nitrogens with zero attached hydrogens (tertiary/aromatic N) is 4. The van der Waals surface area contributed by atoms with Crippen molar-refractivity contribution >= 4 is 5.84 Å². The van der Waals surface area contributed by atoms with E-state index in [1.54, 1.807) is 11.0 Å². The first-order valence-electron chi connectivity index (χ1n) is 5.49. The zero-order valence-corrected chi connectivity index (χ0v) is 10.5. The average Bonchev–Trinajstić information content (AvgIpc) is 2.69. The largest absolute Gasteiger partial charge is 0.409 e. The molecule has 7 nitrogen and oxygen atoms in total. The van der Waals surface area contributed by atoms with Gasteiger partial charge in [-0.3, -0.25) is 4.68 Å². The first-order valence-corrected chi connectivity index (χ1v) is 5.49. The lowest BCUT2D eigenvalue weighted by Gasteiger charge is -2.22. The van der Waals surface area contributed by atoms with Crippen LogP contribution in [0.1, 0.15) is 26.1 Å². The minimum atomic E-state index is -0.320. The number of oxime groups is 1. The maximum absolute atomic E-state index is 8.63. The summed E-state index contributed by atoms with van der Waals surface area (Å²) in [6.45, 7) is 5.24. The molecule has 0 aliphatic rings. The predicted octanol–water partition coefficient (Wildman–Crippen LogP) is 0.0674. The topological polar surface area (TPSA) is 101 Å². The SMILES string of the molecule is Cn1cnc(CNCCC(C)(C)C(N)=NO)n1. The number of amidine groups is 1. The number of aromatic nitrogens is 3. The third kappa shape index (κ3) is 4.03. The Morgan fingerprint density at radius 3 is 2.88 bits per heavy atom. The molecule has 0 aliphatic carbocycles. The number of rotatable bonds is 6. The van der Waals surface area contributed by atoms with Gasteiger partial charge in [0.25, 0.3) is 0 Å². The summed E-state index contributed by atoms with van der Waals surface area (Å²) in [5, 5.41) is 19.0. The van der Waals surface area contributed by atoms with Gasteiger partial charge >= 0.3 is 0 Å². The van der Waals surface area contributed by atoms with Crippen LogP contribution in [0.5, 0.6) is 0 Å². The Morgan fingerprint density at radius 2 is 2.35 bits per heavy atom. The van der Waals surface area contributed by atoms with Gasteiger partial charge in [0.15, 0.2) is 5.82 Å². The maximum atomic E-state index is 8.63. The molecule has 0 spiro atoms. The lowest BCUT2D eigenvalue weighted by Crippen LogP contribution is -2.34. The third-order valence-corrected chi connectivity index (χ3v) is 2.66. The lowest BCUT2D eigenvalue weighted by atomic mass is 9.88. The van der Waals surface area contributed by atoms with Crippen molar-refractivity contribution in [2.45, 2.75) is 26.8 Å². The molecule has 0 fully saturated rings. The van der Waals surface area contributed by atoms with Crippen LogP contribution in [0.3, 0.4) is 0 Å². The molecule has 1 aromatic rings. The van der Waals surface area contributed by atoms with Gasteiger partial charge in [0.1, 0.15) is 12.2 Å². The summed E-state index contributed by atoms with van der Waals surface area (Å²) in [6.07, 6.45) is 2.44. The Bertz CT molecular complexity index is 384. The Balaban J connectivity index is 2.29. The molecule has 1 aromatic heterocycles. The summed E-state index contributed by atoms with van der Waals surface area (Å²) in [5.41, 5.74) is 5.27. The van der Waals surface area contributed by atoms with Gasteiger partial charge in [-0.25, -0.2) is 4.98 Å². The van der Waals surface area contributed by atoms with E-state index in [1.807, 2.05) is 20.9 Å². The van der Waals surface area contributed by atoms with E-state index in [1.165, 1.54) is 0 Å². The van der Waals surface area contributed by atoms with Crippen molar-refractivity contribution in [3.05, 3.63) is 12.2 Å². The third-order valence-electron chi connectivity index (χ3n) is 2.66. The summed E-state index contributed by atoms with van der Waals surface area (Å²) < 4.78 is 1.66. The highest BCUT2D eigenvalue weighted by atomic mass is 16.4. The summed E-state index contributed by atoms with van der Waals surface area (Å²) in [6, 6.07) is 0. The van der Waals surface area contributed by atoms with Crippen molar-refractivity contribution in [1.82, 2.24) is 20.1 Å². The molecule has 0 amide bonds. The molecular weight excluding hydrogens is 220 g/mol. The molecule has 0 aliphatic heterocycles. The van der Waals surface area contributed by atoms with Crippen molar-refractivity contribution in [2.24, 2.45) is 23.4 Å². The molecule has 96 valence electrons. The molecule has 0 unspecified atom stereocenters. The van der Waals surface area contributed by atoms with Crippen LogP contribution in [-0.4, -0.2) is 32.4 Å². The van der Waals surface area contributed by atoms with Crippen molar-refractivity contribution < 1.29 is 5.21 Å². The lowest BCUT2D eigenvalue weighted by molar-refractivity contribution is 0.305. The van der Waals surface area contributed by atoms with Crippen LogP contribution >= 0.6 is 0 Å². The molecule has 0 atom stereocenters. The van der Waals surface area contributed by atoms with Crippen LogP contribution in [0, 0.1) is 5.41 Å². The van der Waals surface area contributed by atoms with Crippen LogP contribution in [0.15, 0.2) is 11.5 Å². The summed E-state index contributed by atoms with van der Waals surface area (Å²) in [7, 11) is 1.83. The quantitative estimate of drug-likeness (QED) is 0.215. The molecule has 17 heavy (non-hydrogen) atoms. The molecule has 0 saturated heterocycles. The van der Waals surface area contributed by atoms with Crippen molar-refractivity contribution in [3.63, 3.8) is 0 Å². The predicted molar refractivity (Wildman–Crippen MR) is 64.5 cm³/mol. The van der Waals surface area contributed by atoms with Crippen LogP contribution in [-0.2, 0) is 13.6 Å². The second kappa shape index (κ2) is 5.62. The van der Waals surface area contributed by atoms with E-state index in [4.69, 9.17) is 10.9 Å². The van der Waals surface area contributed by atoms with Crippen molar-refractivity contribution in [3.8, 4) is 0 Å². The summed E-state index contributed by atoms with van der Waals surface area (Å²) in [5.74, 6) is 1.00. The first-order chi connectivity index (χ1) is 7.95. The van der Waals surface area contributed by atoms with Gasteiger partial charge in [0, 0.05) is 12.5 Å². The molecule has 0 bridgehead atoms. The zero-order chi connectivity index (χ0) is 12.9. The highest BCUT2D eigenvalue weighted by Gasteiger charge is 2.22. The number of hydrogen-bond acceptors (Lipinski definition) is 5. The van der Waals surface area contributed by atoms with Gasteiger partial charge in [-0.2, -0.15) is 5.10 Å². The Kier molecular flexibility index (Phi) is 4.45. The van der Waals surface area contributed by atoms with Gasteiger partial charge in [0.2, 0.25) is 0 Å². The van der Waals surface area contributed by atoms with Gasteiger partial charge < -0.3 is 16.3 Å². The van der Waals surface area contributed by atoms with E-state index in [0.29, 0.717) is 6.54 Å². The monoisotopic (exact) mass is 240 g/mol. The van der Waals surface area contributed by atoms with Gasteiger partial charge in [-0.15, -0.1) is 0 Å². The fraction of sp³-hybridized carbons (Fsp3) is 0.700. The molecular formula is C10H20N6O.